The molecule has 0 saturated carbocycles. The van der Waals surface area contributed by atoms with Crippen LogP contribution in [0, 0.1) is 6.92 Å². The molecule has 4 aromatic rings. The molecule has 2 heterocycles. The van der Waals surface area contributed by atoms with Crippen molar-refractivity contribution in [1.29, 1.82) is 0 Å². The van der Waals surface area contributed by atoms with Gasteiger partial charge < -0.3 is 13.7 Å². The zero-order valence-electron chi connectivity index (χ0n) is 20.2. The van der Waals surface area contributed by atoms with Crippen molar-refractivity contribution in [3.8, 4) is 11.5 Å². The molecule has 0 fully saturated rings. The van der Waals surface area contributed by atoms with Crippen LogP contribution in [0.1, 0.15) is 36.7 Å². The fraction of sp³-hybridized carbons (Fsp3) is 0.333. The summed E-state index contributed by atoms with van der Waals surface area (Å²) >= 11 is 0. The number of imidazole rings is 1. The smallest absolute Gasteiger partial charge is 0.307 e. The summed E-state index contributed by atoms with van der Waals surface area (Å²) in [5, 5.41) is 8.05. The fourth-order valence-corrected chi connectivity index (χ4v) is 4.48. The van der Waals surface area contributed by atoms with E-state index in [1.165, 1.54) is 20.2 Å². The van der Waals surface area contributed by atoms with E-state index in [1.54, 1.807) is 19.1 Å². The van der Waals surface area contributed by atoms with Gasteiger partial charge in [-0.15, -0.1) is 10.2 Å². The summed E-state index contributed by atoms with van der Waals surface area (Å²) < 4.78 is 39.0. The maximum absolute atomic E-state index is 12.5. The summed E-state index contributed by atoms with van der Waals surface area (Å²) in [4.78, 5) is 17.2. The van der Waals surface area contributed by atoms with Crippen molar-refractivity contribution in [1.82, 2.24) is 24.1 Å². The van der Waals surface area contributed by atoms with Gasteiger partial charge in [-0.2, -0.15) is 0 Å². The highest BCUT2D eigenvalue weighted by molar-refractivity contribution is 7.89. The van der Waals surface area contributed by atoms with E-state index in [0.29, 0.717) is 23.7 Å². The van der Waals surface area contributed by atoms with E-state index in [9.17, 15) is 13.2 Å². The number of rotatable bonds is 8. The first-order valence-corrected chi connectivity index (χ1v) is 12.5. The molecular weight excluding hydrogens is 470 g/mol. The molecule has 2 aromatic heterocycles. The Morgan fingerprint density at radius 1 is 1.14 bits per heavy atom. The quantitative estimate of drug-likeness (QED) is 0.340. The molecule has 1 unspecified atom stereocenters. The first-order chi connectivity index (χ1) is 16.6. The number of esters is 1. The van der Waals surface area contributed by atoms with E-state index >= 15 is 0 Å². The Kier molecular flexibility index (Phi) is 6.73. The normalized spacial score (nSPS) is 12.9. The largest absolute Gasteiger partial charge is 0.453 e. The minimum absolute atomic E-state index is 0.0866. The van der Waals surface area contributed by atoms with Crippen molar-refractivity contribution in [3.63, 3.8) is 0 Å². The highest BCUT2D eigenvalue weighted by Gasteiger charge is 2.21. The van der Waals surface area contributed by atoms with Gasteiger partial charge in [0.25, 0.3) is 5.89 Å². The van der Waals surface area contributed by atoms with Crippen LogP contribution in [0.4, 0.5) is 0 Å². The van der Waals surface area contributed by atoms with Crippen LogP contribution in [0.5, 0.6) is 0 Å². The van der Waals surface area contributed by atoms with E-state index in [2.05, 4.69) is 15.2 Å². The van der Waals surface area contributed by atoms with Gasteiger partial charge in [0.15, 0.2) is 6.10 Å². The molecule has 0 N–H and O–H groups in total. The number of nitrogens with zero attached hydrogens (tertiary/aromatic N) is 5. The SMILES string of the molecule is Cc1ccc(-c2nnc(C(C)OC(=O)CCc3nc4cc(S(=O)(=O)N(C)C)ccc4n3C)o2)cc1. The monoisotopic (exact) mass is 497 g/mol. The Hall–Kier alpha value is -3.57. The molecule has 0 bridgehead atoms. The predicted octanol–water partition coefficient (Wildman–Crippen LogP) is 3.42. The van der Waals surface area contributed by atoms with Crippen LogP contribution in [-0.4, -0.2) is 52.5 Å². The molecule has 10 nitrogen and oxygen atoms in total. The van der Waals surface area contributed by atoms with Gasteiger partial charge in [0.05, 0.1) is 22.3 Å². The summed E-state index contributed by atoms with van der Waals surface area (Å²) in [7, 11) is 1.22. The first kappa shape index (κ1) is 24.6. The lowest BCUT2D eigenvalue weighted by Gasteiger charge is -2.11. The van der Waals surface area contributed by atoms with Crippen LogP contribution < -0.4 is 0 Å². The van der Waals surface area contributed by atoms with Crippen LogP contribution in [0.25, 0.3) is 22.5 Å². The van der Waals surface area contributed by atoms with Crippen molar-refractivity contribution >= 4 is 27.0 Å². The molecule has 0 aliphatic heterocycles. The first-order valence-electron chi connectivity index (χ1n) is 11.0. The number of aryl methyl sites for hydroxylation is 3. The third-order valence-corrected chi connectivity index (χ3v) is 7.48. The van der Waals surface area contributed by atoms with Gasteiger partial charge in [0, 0.05) is 33.1 Å². The molecule has 0 aliphatic carbocycles. The second-order valence-electron chi connectivity index (χ2n) is 8.47. The molecule has 0 radical (unpaired) electrons. The topological polar surface area (TPSA) is 120 Å². The maximum Gasteiger partial charge on any atom is 0.307 e. The Bertz CT molecular complexity index is 1470. The van der Waals surface area contributed by atoms with E-state index in [1.807, 2.05) is 42.8 Å². The van der Waals surface area contributed by atoms with Gasteiger partial charge in [0.2, 0.25) is 15.9 Å². The van der Waals surface area contributed by atoms with Crippen molar-refractivity contribution in [3.05, 3.63) is 59.7 Å². The number of benzene rings is 2. The third kappa shape index (κ3) is 5.10. The molecule has 0 spiro atoms. The van der Waals surface area contributed by atoms with Gasteiger partial charge in [0.1, 0.15) is 5.82 Å². The second-order valence-corrected chi connectivity index (χ2v) is 10.6. The summed E-state index contributed by atoms with van der Waals surface area (Å²) in [6, 6.07) is 12.5. The molecule has 1 atom stereocenters. The zero-order chi connectivity index (χ0) is 25.3. The lowest BCUT2D eigenvalue weighted by Crippen LogP contribution is -2.22. The average Bonchev–Trinajstić information content (AvgIpc) is 3.43. The zero-order valence-corrected chi connectivity index (χ0v) is 21.0. The van der Waals surface area contributed by atoms with Gasteiger partial charge in [-0.05, 0) is 44.2 Å². The van der Waals surface area contributed by atoms with E-state index in [-0.39, 0.29) is 17.2 Å². The number of aromatic nitrogens is 4. The van der Waals surface area contributed by atoms with E-state index in [0.717, 1.165) is 20.9 Å². The summed E-state index contributed by atoms with van der Waals surface area (Å²) in [5.41, 5.74) is 3.22. The predicted molar refractivity (Wildman–Crippen MR) is 129 cm³/mol. The number of hydrogen-bond acceptors (Lipinski definition) is 8. The highest BCUT2D eigenvalue weighted by atomic mass is 32.2. The summed E-state index contributed by atoms with van der Waals surface area (Å²) in [5.74, 6) is 0.781. The number of sulfonamides is 1. The van der Waals surface area contributed by atoms with Crippen LogP contribution in [0.3, 0.4) is 0 Å². The number of ether oxygens (including phenoxy) is 1. The molecule has 0 amide bonds. The minimum Gasteiger partial charge on any atom is -0.453 e. The van der Waals surface area contributed by atoms with Crippen LogP contribution in [0.2, 0.25) is 0 Å². The lowest BCUT2D eigenvalue weighted by molar-refractivity contribution is -0.149. The number of carbonyl (C=O) groups is 1. The van der Waals surface area contributed by atoms with Crippen LogP contribution in [-0.2, 0) is 33.0 Å². The van der Waals surface area contributed by atoms with E-state index < -0.39 is 22.1 Å². The molecule has 11 heteroatoms. The molecule has 2 aromatic carbocycles. The van der Waals surface area contributed by atoms with Crippen LogP contribution >= 0.6 is 0 Å². The number of hydrogen-bond donors (Lipinski definition) is 0. The third-order valence-electron chi connectivity index (χ3n) is 5.67. The minimum atomic E-state index is -3.57. The maximum atomic E-state index is 12.5. The molecule has 0 aliphatic rings. The van der Waals surface area contributed by atoms with E-state index in [4.69, 9.17) is 9.15 Å². The average molecular weight is 498 g/mol. The highest BCUT2D eigenvalue weighted by Crippen LogP contribution is 2.24. The Morgan fingerprint density at radius 2 is 1.86 bits per heavy atom. The van der Waals surface area contributed by atoms with Gasteiger partial charge in [-0.25, -0.2) is 17.7 Å². The molecule has 184 valence electrons. The standard InChI is InChI=1S/C24H27N5O5S/c1-15-6-8-17(9-7-15)24-27-26-23(34-24)16(2)33-22(30)13-12-21-25-19-14-18(35(31,32)28(3)4)10-11-20(19)29(21)5/h6-11,14,16H,12-13H2,1-5H3. The molecule has 0 saturated heterocycles. The lowest BCUT2D eigenvalue weighted by atomic mass is 10.1. The van der Waals surface area contributed by atoms with Crippen LogP contribution in [0.15, 0.2) is 51.8 Å². The summed E-state index contributed by atoms with van der Waals surface area (Å²) in [6.07, 6.45) is -0.290. The Morgan fingerprint density at radius 3 is 2.54 bits per heavy atom. The van der Waals surface area contributed by atoms with Gasteiger partial charge in [-0.1, -0.05) is 17.7 Å². The van der Waals surface area contributed by atoms with Gasteiger partial charge in [-0.3, -0.25) is 4.79 Å². The molecule has 4 rings (SSSR count). The Balaban J connectivity index is 1.40. The molecular formula is C24H27N5O5S. The number of fused-ring (bicyclic) bond motifs is 1. The number of carbonyl (C=O) groups excluding carboxylic acids is 1. The summed E-state index contributed by atoms with van der Waals surface area (Å²) in [6.45, 7) is 3.66. The molecule has 35 heavy (non-hydrogen) atoms. The van der Waals surface area contributed by atoms with Crippen molar-refractivity contribution in [2.24, 2.45) is 7.05 Å². The van der Waals surface area contributed by atoms with Crippen molar-refractivity contribution in [2.75, 3.05) is 14.1 Å². The van der Waals surface area contributed by atoms with Crippen molar-refractivity contribution < 1.29 is 22.4 Å². The van der Waals surface area contributed by atoms with Crippen molar-refractivity contribution in [2.45, 2.75) is 37.7 Å². The second kappa shape index (κ2) is 9.59. The Labute approximate surface area is 203 Å². The van der Waals surface area contributed by atoms with Gasteiger partial charge >= 0.3 is 5.97 Å². The fourth-order valence-electron chi connectivity index (χ4n) is 3.56.